The number of fused-ring (bicyclic) bond motifs is 2. The predicted molar refractivity (Wildman–Crippen MR) is 89.9 cm³/mol. The average molecular weight is 311 g/mol. The highest BCUT2D eigenvalue weighted by molar-refractivity contribution is 7.98. The van der Waals surface area contributed by atoms with Gasteiger partial charge in [-0.3, -0.25) is 0 Å². The molecule has 3 nitrogen and oxygen atoms in total. The van der Waals surface area contributed by atoms with Gasteiger partial charge in [0.1, 0.15) is 10.3 Å². The third-order valence-corrected chi connectivity index (χ3v) is 5.09. The van der Waals surface area contributed by atoms with Crippen molar-refractivity contribution in [1.29, 1.82) is 0 Å². The fourth-order valence-electron chi connectivity index (χ4n) is 2.66. The third kappa shape index (κ3) is 2.17. The lowest BCUT2D eigenvalue weighted by Crippen LogP contribution is -1.99. The summed E-state index contributed by atoms with van der Waals surface area (Å²) in [5.41, 5.74) is 5.42. The number of rotatable bonds is 1. The molecule has 1 aliphatic rings. The average Bonchev–Trinajstić information content (AvgIpc) is 2.96. The van der Waals surface area contributed by atoms with Gasteiger partial charge in [0.25, 0.3) is 0 Å². The van der Waals surface area contributed by atoms with Crippen molar-refractivity contribution in [2.75, 3.05) is 0 Å². The molecule has 1 aromatic carbocycles. The van der Waals surface area contributed by atoms with E-state index in [4.69, 9.17) is 17.2 Å². The van der Waals surface area contributed by atoms with Crippen LogP contribution >= 0.6 is 24.0 Å². The zero-order valence-electron chi connectivity index (χ0n) is 11.5. The quantitative estimate of drug-likeness (QED) is 0.676. The second-order valence-electron chi connectivity index (χ2n) is 5.18. The van der Waals surface area contributed by atoms with Gasteiger partial charge >= 0.3 is 0 Å². The van der Waals surface area contributed by atoms with Crippen LogP contribution in [0.15, 0.2) is 30.3 Å². The molecule has 0 unspecified atom stereocenters. The Kier molecular flexibility index (Phi) is 3.05. The van der Waals surface area contributed by atoms with Crippen molar-refractivity contribution in [2.45, 2.75) is 18.4 Å². The van der Waals surface area contributed by atoms with Crippen molar-refractivity contribution in [2.24, 2.45) is 0 Å². The minimum atomic E-state index is 0.705. The van der Waals surface area contributed by atoms with Crippen molar-refractivity contribution in [3.8, 4) is 11.5 Å². The van der Waals surface area contributed by atoms with Crippen LogP contribution in [0.2, 0.25) is 0 Å². The number of nitrogens with zero attached hydrogens (tertiary/aromatic N) is 2. The third-order valence-electron chi connectivity index (χ3n) is 3.76. The standard InChI is InChI=1S/C16H13N3S2/c1-9-6-13(17-12-5-3-2-4-10(9)12)15-18-14-8-21-7-11(14)16(20)19-15/h2-6H,7-8H2,1H3,(H,18,19,20). The topological polar surface area (TPSA) is 41.6 Å². The van der Waals surface area contributed by atoms with Crippen molar-refractivity contribution >= 4 is 34.9 Å². The van der Waals surface area contributed by atoms with Crippen LogP contribution in [0.1, 0.15) is 16.8 Å². The number of pyridine rings is 1. The largest absolute Gasteiger partial charge is 0.341 e. The second-order valence-corrected chi connectivity index (χ2v) is 6.55. The molecule has 0 fully saturated rings. The van der Waals surface area contributed by atoms with E-state index in [9.17, 15) is 0 Å². The number of H-pyrrole nitrogens is 1. The number of benzene rings is 1. The summed E-state index contributed by atoms with van der Waals surface area (Å²) in [7, 11) is 0. The molecule has 4 rings (SSSR count). The van der Waals surface area contributed by atoms with Gasteiger partial charge in [-0.2, -0.15) is 11.8 Å². The van der Waals surface area contributed by atoms with Crippen molar-refractivity contribution in [1.82, 2.24) is 15.0 Å². The van der Waals surface area contributed by atoms with Gasteiger partial charge < -0.3 is 4.98 Å². The molecule has 21 heavy (non-hydrogen) atoms. The van der Waals surface area contributed by atoms with E-state index in [0.717, 1.165) is 28.5 Å². The highest BCUT2D eigenvalue weighted by Gasteiger charge is 2.16. The van der Waals surface area contributed by atoms with E-state index in [1.807, 2.05) is 30.0 Å². The van der Waals surface area contributed by atoms with Crippen LogP contribution in [0.5, 0.6) is 0 Å². The predicted octanol–water partition coefficient (Wildman–Crippen LogP) is 4.41. The molecule has 3 heterocycles. The molecule has 0 atom stereocenters. The Hall–Kier alpha value is -1.72. The minimum absolute atomic E-state index is 0.705. The number of aromatic nitrogens is 3. The first kappa shape index (κ1) is 13.0. The van der Waals surface area contributed by atoms with Crippen LogP contribution in [0.4, 0.5) is 0 Å². The van der Waals surface area contributed by atoms with Crippen LogP contribution < -0.4 is 0 Å². The Bertz CT molecular complexity index is 915. The lowest BCUT2D eigenvalue weighted by Gasteiger charge is -2.08. The van der Waals surface area contributed by atoms with E-state index in [-0.39, 0.29) is 0 Å². The summed E-state index contributed by atoms with van der Waals surface area (Å²) in [6, 6.07) is 10.2. The lowest BCUT2D eigenvalue weighted by atomic mass is 10.1. The molecule has 0 amide bonds. The SMILES string of the molecule is Cc1cc(-c2nc(=S)c3c([nH]2)CSC3)nc2ccccc12. The number of aryl methyl sites for hydroxylation is 1. The molecule has 0 radical (unpaired) electrons. The number of aromatic amines is 1. The maximum Gasteiger partial charge on any atom is 0.157 e. The first-order valence-electron chi connectivity index (χ1n) is 6.79. The summed E-state index contributed by atoms with van der Waals surface area (Å²) in [5.74, 6) is 2.71. The smallest absolute Gasteiger partial charge is 0.157 e. The van der Waals surface area contributed by atoms with Crippen molar-refractivity contribution in [3.63, 3.8) is 0 Å². The van der Waals surface area contributed by atoms with Crippen LogP contribution in [-0.4, -0.2) is 15.0 Å². The van der Waals surface area contributed by atoms with Gasteiger partial charge in [0.15, 0.2) is 5.82 Å². The van der Waals surface area contributed by atoms with Crippen LogP contribution in [0, 0.1) is 11.6 Å². The molecule has 0 aliphatic carbocycles. The maximum atomic E-state index is 5.42. The van der Waals surface area contributed by atoms with E-state index in [0.29, 0.717) is 4.64 Å². The van der Waals surface area contributed by atoms with Gasteiger partial charge in [-0.05, 0) is 24.6 Å². The Labute approximate surface area is 131 Å². The zero-order chi connectivity index (χ0) is 14.4. The van der Waals surface area contributed by atoms with Crippen LogP contribution in [0.3, 0.4) is 0 Å². The fourth-order valence-corrected chi connectivity index (χ4v) is 4.11. The van der Waals surface area contributed by atoms with Gasteiger partial charge in [-0.1, -0.05) is 30.4 Å². The fraction of sp³-hybridized carbons (Fsp3) is 0.188. The van der Waals surface area contributed by atoms with Gasteiger partial charge in [0, 0.05) is 28.1 Å². The van der Waals surface area contributed by atoms with Gasteiger partial charge in [0.2, 0.25) is 0 Å². The first-order valence-corrected chi connectivity index (χ1v) is 8.35. The number of hydrogen-bond acceptors (Lipinski definition) is 4. The number of para-hydroxylation sites is 1. The first-order chi connectivity index (χ1) is 10.2. The molecule has 5 heteroatoms. The molecule has 0 saturated carbocycles. The molecule has 104 valence electrons. The van der Waals surface area contributed by atoms with E-state index in [2.05, 4.69) is 29.0 Å². The van der Waals surface area contributed by atoms with E-state index < -0.39 is 0 Å². The molecule has 2 aromatic heterocycles. The molecule has 1 aliphatic heterocycles. The maximum absolute atomic E-state index is 5.42. The number of nitrogens with one attached hydrogen (secondary N) is 1. The Morgan fingerprint density at radius 3 is 2.95 bits per heavy atom. The van der Waals surface area contributed by atoms with E-state index >= 15 is 0 Å². The highest BCUT2D eigenvalue weighted by Crippen LogP contribution is 2.30. The van der Waals surface area contributed by atoms with Crippen LogP contribution in [-0.2, 0) is 11.5 Å². The molecule has 0 saturated heterocycles. The van der Waals surface area contributed by atoms with Crippen molar-refractivity contribution < 1.29 is 0 Å². The normalized spacial score (nSPS) is 13.6. The molecular weight excluding hydrogens is 298 g/mol. The lowest BCUT2D eigenvalue weighted by molar-refractivity contribution is 1.05. The van der Waals surface area contributed by atoms with Gasteiger partial charge in [-0.25, -0.2) is 9.97 Å². The number of hydrogen-bond donors (Lipinski definition) is 1. The summed E-state index contributed by atoms with van der Waals surface area (Å²) >= 11 is 7.29. The molecule has 0 spiro atoms. The van der Waals surface area contributed by atoms with Gasteiger partial charge in [-0.15, -0.1) is 0 Å². The monoisotopic (exact) mass is 311 g/mol. The second kappa shape index (κ2) is 4.93. The zero-order valence-corrected chi connectivity index (χ0v) is 13.1. The highest BCUT2D eigenvalue weighted by atomic mass is 32.2. The molecule has 1 N–H and O–H groups in total. The molecule has 0 bridgehead atoms. The summed E-state index contributed by atoms with van der Waals surface area (Å²) < 4.78 is 0.705. The Morgan fingerprint density at radius 2 is 2.05 bits per heavy atom. The molecular formula is C16H13N3S2. The van der Waals surface area contributed by atoms with Crippen molar-refractivity contribution in [3.05, 3.63) is 51.8 Å². The minimum Gasteiger partial charge on any atom is -0.341 e. The number of thioether (sulfide) groups is 1. The summed E-state index contributed by atoms with van der Waals surface area (Å²) in [6.07, 6.45) is 0. The van der Waals surface area contributed by atoms with E-state index in [1.54, 1.807) is 0 Å². The summed E-state index contributed by atoms with van der Waals surface area (Å²) in [6.45, 7) is 2.10. The Morgan fingerprint density at radius 1 is 1.19 bits per heavy atom. The summed E-state index contributed by atoms with van der Waals surface area (Å²) in [5, 5.41) is 1.18. The van der Waals surface area contributed by atoms with Crippen LogP contribution in [0.25, 0.3) is 22.4 Å². The van der Waals surface area contributed by atoms with E-state index in [1.165, 1.54) is 22.2 Å². The Balaban J connectivity index is 1.95. The molecule has 3 aromatic rings. The van der Waals surface area contributed by atoms with Gasteiger partial charge in [0.05, 0.1) is 5.52 Å². The summed E-state index contributed by atoms with van der Waals surface area (Å²) in [4.78, 5) is 12.7.